The van der Waals surface area contributed by atoms with Crippen LogP contribution in [-0.4, -0.2) is 11.0 Å². The third-order valence-electron chi connectivity index (χ3n) is 1.83. The van der Waals surface area contributed by atoms with Crippen molar-refractivity contribution in [2.45, 2.75) is 0 Å². The molecule has 1 aromatic heterocycles. The van der Waals surface area contributed by atoms with Crippen molar-refractivity contribution >= 4 is 17.6 Å². The van der Waals surface area contributed by atoms with Gasteiger partial charge in [-0.2, -0.15) is 0 Å². The van der Waals surface area contributed by atoms with E-state index < -0.39 is 5.97 Å². The number of hydrogen-bond acceptors (Lipinski definition) is 3. The minimum atomic E-state index is -0.457. The molecule has 16 heavy (non-hydrogen) atoms. The summed E-state index contributed by atoms with van der Waals surface area (Å²) >= 11 is 5.66. The Balaban J connectivity index is 2.14. The lowest BCUT2D eigenvalue weighted by molar-refractivity contribution is 0.0734. The van der Waals surface area contributed by atoms with Gasteiger partial charge in [0.1, 0.15) is 0 Å². The van der Waals surface area contributed by atoms with Crippen LogP contribution in [0.5, 0.6) is 5.75 Å². The first-order valence-corrected chi connectivity index (χ1v) is 4.93. The summed E-state index contributed by atoms with van der Waals surface area (Å²) in [5, 5.41) is 0.304. The number of rotatable bonds is 2. The summed E-state index contributed by atoms with van der Waals surface area (Å²) in [6.07, 6.45) is 2.80. The molecule has 1 radical (unpaired) electrons. The molecule has 3 nitrogen and oxygen atoms in total. The molecule has 1 aromatic carbocycles. The highest BCUT2D eigenvalue weighted by atomic mass is 35.5. The fourth-order valence-electron chi connectivity index (χ4n) is 1.14. The van der Waals surface area contributed by atoms with E-state index in [4.69, 9.17) is 16.3 Å². The maximum absolute atomic E-state index is 11.6. The van der Waals surface area contributed by atoms with Crippen LogP contribution >= 0.6 is 11.6 Å². The number of pyridine rings is 1. The Kier molecular flexibility index (Phi) is 3.17. The predicted octanol–water partition coefficient (Wildman–Crippen LogP) is 2.75. The van der Waals surface area contributed by atoms with Crippen LogP contribution in [0.2, 0.25) is 5.02 Å². The van der Waals surface area contributed by atoms with Gasteiger partial charge in [-0.1, -0.05) is 29.8 Å². The first-order valence-electron chi connectivity index (χ1n) is 4.56. The van der Waals surface area contributed by atoms with Crippen molar-refractivity contribution in [3.8, 4) is 5.75 Å². The van der Waals surface area contributed by atoms with Crippen molar-refractivity contribution in [2.75, 3.05) is 0 Å². The van der Waals surface area contributed by atoms with Crippen LogP contribution in [0.1, 0.15) is 10.4 Å². The molecule has 4 heteroatoms. The van der Waals surface area contributed by atoms with Crippen LogP contribution in [0.3, 0.4) is 0 Å². The molecule has 1 heterocycles. The number of nitrogens with zero attached hydrogens (tertiary/aromatic N) is 1. The van der Waals surface area contributed by atoms with E-state index in [1.807, 2.05) is 6.07 Å². The number of benzene rings is 1. The van der Waals surface area contributed by atoms with E-state index in [1.165, 1.54) is 12.4 Å². The second kappa shape index (κ2) is 4.77. The minimum Gasteiger partial charge on any atom is -0.421 e. The molecule has 0 aliphatic carbocycles. The molecule has 0 N–H and O–H groups in total. The topological polar surface area (TPSA) is 39.2 Å². The van der Waals surface area contributed by atoms with Crippen LogP contribution in [0.15, 0.2) is 42.7 Å². The molecule has 2 rings (SSSR count). The van der Waals surface area contributed by atoms with Crippen molar-refractivity contribution in [1.82, 2.24) is 4.98 Å². The summed E-state index contributed by atoms with van der Waals surface area (Å²) in [6, 6.07) is 11.3. The molecular weight excluding hydrogens is 226 g/mol. The van der Waals surface area contributed by atoms with Gasteiger partial charge < -0.3 is 4.74 Å². The van der Waals surface area contributed by atoms with Gasteiger partial charge in [0.15, 0.2) is 5.75 Å². The van der Waals surface area contributed by atoms with E-state index in [2.05, 4.69) is 11.1 Å². The Morgan fingerprint density at radius 1 is 1.25 bits per heavy atom. The van der Waals surface area contributed by atoms with E-state index >= 15 is 0 Å². The minimum absolute atomic E-state index is 0.210. The number of aromatic nitrogens is 1. The van der Waals surface area contributed by atoms with E-state index in [0.29, 0.717) is 10.6 Å². The van der Waals surface area contributed by atoms with Gasteiger partial charge >= 0.3 is 5.97 Å². The van der Waals surface area contributed by atoms with Crippen molar-refractivity contribution < 1.29 is 9.53 Å². The summed E-state index contributed by atoms with van der Waals surface area (Å²) in [4.78, 5) is 15.4. The number of esters is 1. The quantitative estimate of drug-likeness (QED) is 0.748. The SMILES string of the molecule is O=C(Oc1[c]c(Cl)cnc1)c1ccccc1. The fourth-order valence-corrected chi connectivity index (χ4v) is 1.29. The first kappa shape index (κ1) is 10.6. The van der Waals surface area contributed by atoms with Gasteiger partial charge in [0.05, 0.1) is 22.8 Å². The Morgan fingerprint density at radius 2 is 2.00 bits per heavy atom. The molecule has 0 aliphatic rings. The highest BCUT2D eigenvalue weighted by Crippen LogP contribution is 2.15. The average molecular weight is 233 g/mol. The Morgan fingerprint density at radius 3 is 2.69 bits per heavy atom. The summed E-state index contributed by atoms with van der Waals surface area (Å²) in [6.45, 7) is 0. The molecule has 0 saturated heterocycles. The maximum Gasteiger partial charge on any atom is 0.343 e. The van der Waals surface area contributed by atoms with E-state index in [9.17, 15) is 4.79 Å². The monoisotopic (exact) mass is 232 g/mol. The third kappa shape index (κ3) is 2.58. The van der Waals surface area contributed by atoms with Crippen LogP contribution in [-0.2, 0) is 0 Å². The summed E-state index contributed by atoms with van der Waals surface area (Å²) in [7, 11) is 0. The third-order valence-corrected chi connectivity index (χ3v) is 2.03. The van der Waals surface area contributed by atoms with E-state index in [0.717, 1.165) is 0 Å². The highest BCUT2D eigenvalue weighted by Gasteiger charge is 2.08. The standard InChI is InChI=1S/C12H7ClNO2/c13-10-6-11(8-14-7-10)16-12(15)9-4-2-1-3-5-9/h1-5,7-8H. The second-order valence-electron chi connectivity index (χ2n) is 3.00. The molecule has 0 spiro atoms. The largest absolute Gasteiger partial charge is 0.421 e. The zero-order valence-electron chi connectivity index (χ0n) is 8.18. The fraction of sp³-hybridized carbons (Fsp3) is 0. The molecule has 0 atom stereocenters. The lowest BCUT2D eigenvalue weighted by Gasteiger charge is -2.02. The lowest BCUT2D eigenvalue weighted by atomic mass is 10.2. The summed E-state index contributed by atoms with van der Waals surface area (Å²) in [5.41, 5.74) is 0.468. The van der Waals surface area contributed by atoms with Gasteiger partial charge in [0.25, 0.3) is 0 Å². The van der Waals surface area contributed by atoms with Crippen molar-refractivity contribution in [3.05, 3.63) is 59.4 Å². The zero-order chi connectivity index (χ0) is 11.4. The van der Waals surface area contributed by atoms with Gasteiger partial charge in [-0.25, -0.2) is 4.79 Å². The first-order chi connectivity index (χ1) is 7.75. The molecule has 79 valence electrons. The summed E-state index contributed by atoms with van der Waals surface area (Å²) < 4.78 is 5.04. The number of carbonyl (C=O) groups is 1. The molecule has 0 saturated carbocycles. The Labute approximate surface area is 97.7 Å². The van der Waals surface area contributed by atoms with Crippen molar-refractivity contribution in [1.29, 1.82) is 0 Å². The van der Waals surface area contributed by atoms with E-state index in [1.54, 1.807) is 24.3 Å². The second-order valence-corrected chi connectivity index (χ2v) is 3.41. The lowest BCUT2D eigenvalue weighted by Crippen LogP contribution is -2.08. The molecular formula is C12H7ClNO2. The smallest absolute Gasteiger partial charge is 0.343 e. The molecule has 0 fully saturated rings. The zero-order valence-corrected chi connectivity index (χ0v) is 8.94. The number of halogens is 1. The maximum atomic E-state index is 11.6. The van der Waals surface area contributed by atoms with Gasteiger partial charge in [-0.05, 0) is 12.1 Å². The van der Waals surface area contributed by atoms with Crippen LogP contribution in [0.25, 0.3) is 0 Å². The molecule has 0 amide bonds. The van der Waals surface area contributed by atoms with Gasteiger partial charge in [-0.15, -0.1) is 0 Å². The van der Waals surface area contributed by atoms with E-state index in [-0.39, 0.29) is 5.75 Å². The summed E-state index contributed by atoms with van der Waals surface area (Å²) in [5.74, 6) is -0.248. The Hall–Kier alpha value is -1.87. The van der Waals surface area contributed by atoms with Crippen LogP contribution in [0.4, 0.5) is 0 Å². The molecule has 0 bridgehead atoms. The molecule has 2 aromatic rings. The van der Waals surface area contributed by atoms with Crippen molar-refractivity contribution in [3.63, 3.8) is 0 Å². The molecule has 0 aliphatic heterocycles. The number of hydrogen-bond donors (Lipinski definition) is 0. The van der Waals surface area contributed by atoms with Crippen LogP contribution < -0.4 is 4.74 Å². The highest BCUT2D eigenvalue weighted by molar-refractivity contribution is 6.30. The van der Waals surface area contributed by atoms with Gasteiger partial charge in [-0.3, -0.25) is 4.98 Å². The number of carbonyl (C=O) groups excluding carboxylic acids is 1. The normalized spacial score (nSPS) is 9.81. The van der Waals surface area contributed by atoms with Crippen LogP contribution in [0, 0.1) is 6.07 Å². The Bertz CT molecular complexity index is 499. The van der Waals surface area contributed by atoms with Gasteiger partial charge in [0.2, 0.25) is 0 Å². The van der Waals surface area contributed by atoms with Crippen molar-refractivity contribution in [2.24, 2.45) is 0 Å². The molecule has 0 unspecified atom stereocenters. The average Bonchev–Trinajstić information content (AvgIpc) is 2.30. The van der Waals surface area contributed by atoms with Gasteiger partial charge in [0, 0.05) is 6.20 Å². The predicted molar refractivity (Wildman–Crippen MR) is 59.5 cm³/mol. The number of ether oxygens (including phenoxy) is 1.